The average Bonchev–Trinajstić information content (AvgIpc) is 3.46. The van der Waals surface area contributed by atoms with Gasteiger partial charge in [-0.1, -0.05) is 18.2 Å². The molecule has 0 radical (unpaired) electrons. The summed E-state index contributed by atoms with van der Waals surface area (Å²) in [5, 5.41) is 11.9. The summed E-state index contributed by atoms with van der Waals surface area (Å²) in [6.45, 7) is 0.323. The van der Waals surface area contributed by atoms with Crippen molar-refractivity contribution < 1.29 is 22.8 Å². The molecule has 0 bridgehead atoms. The van der Waals surface area contributed by atoms with E-state index in [0.29, 0.717) is 12.2 Å². The molecule has 0 spiro atoms. The van der Waals surface area contributed by atoms with E-state index < -0.39 is 17.8 Å². The van der Waals surface area contributed by atoms with E-state index in [1.165, 1.54) is 23.5 Å². The van der Waals surface area contributed by atoms with E-state index in [4.69, 9.17) is 0 Å². The molecule has 1 saturated carbocycles. The molecule has 1 aliphatic rings. The fourth-order valence-electron chi connectivity index (χ4n) is 3.21. The maximum absolute atomic E-state index is 12.9. The first kappa shape index (κ1) is 21.9. The maximum atomic E-state index is 12.9. The molecule has 0 saturated heterocycles. The molecular weight excluding hydrogens is 439 g/mol. The quantitative estimate of drug-likeness (QED) is 0.417. The first-order chi connectivity index (χ1) is 15.3. The molecule has 5 nitrogen and oxygen atoms in total. The number of nitrogens with one attached hydrogen (secondary N) is 3. The van der Waals surface area contributed by atoms with Gasteiger partial charge in [-0.15, -0.1) is 0 Å². The van der Waals surface area contributed by atoms with E-state index in [9.17, 15) is 22.8 Å². The highest BCUT2D eigenvalue weighted by molar-refractivity contribution is 7.08. The van der Waals surface area contributed by atoms with Crippen LogP contribution in [0.2, 0.25) is 0 Å². The van der Waals surface area contributed by atoms with Crippen LogP contribution in [0.1, 0.15) is 24.0 Å². The summed E-state index contributed by atoms with van der Waals surface area (Å²) in [6.07, 6.45) is -2.68. The van der Waals surface area contributed by atoms with Crippen molar-refractivity contribution >= 4 is 34.6 Å². The lowest BCUT2D eigenvalue weighted by molar-refractivity contribution is -0.137. The van der Waals surface area contributed by atoms with Crippen LogP contribution in [0.15, 0.2) is 59.3 Å². The summed E-state index contributed by atoms with van der Waals surface area (Å²) >= 11 is 1.51. The molecule has 166 valence electrons. The minimum absolute atomic E-state index is 0.0173. The van der Waals surface area contributed by atoms with E-state index in [0.717, 1.165) is 41.7 Å². The van der Waals surface area contributed by atoms with E-state index in [1.54, 1.807) is 6.07 Å². The van der Waals surface area contributed by atoms with Gasteiger partial charge in [-0.25, -0.2) is 4.79 Å². The zero-order chi connectivity index (χ0) is 22.7. The smallest absolute Gasteiger partial charge is 0.352 e. The average molecular weight is 459 g/mol. The van der Waals surface area contributed by atoms with Gasteiger partial charge in [-0.3, -0.25) is 4.79 Å². The maximum Gasteiger partial charge on any atom is 0.416 e. The number of carbonyl (C=O) groups is 2. The number of rotatable bonds is 6. The molecule has 3 amide bonds. The Morgan fingerprint density at radius 3 is 2.53 bits per heavy atom. The van der Waals surface area contributed by atoms with Gasteiger partial charge >= 0.3 is 12.2 Å². The largest absolute Gasteiger partial charge is 0.416 e. The summed E-state index contributed by atoms with van der Waals surface area (Å²) in [7, 11) is 0. The van der Waals surface area contributed by atoms with Crippen molar-refractivity contribution in [3.8, 4) is 11.1 Å². The molecule has 0 unspecified atom stereocenters. The minimum atomic E-state index is -4.50. The lowest BCUT2D eigenvalue weighted by Gasteiger charge is -2.15. The van der Waals surface area contributed by atoms with Crippen molar-refractivity contribution in [3.05, 3.63) is 70.4 Å². The van der Waals surface area contributed by atoms with Gasteiger partial charge < -0.3 is 16.0 Å². The third-order valence-electron chi connectivity index (χ3n) is 5.03. The Kier molecular flexibility index (Phi) is 6.18. The van der Waals surface area contributed by atoms with Gasteiger partial charge in [0, 0.05) is 23.7 Å². The van der Waals surface area contributed by atoms with Crippen molar-refractivity contribution in [3.63, 3.8) is 0 Å². The van der Waals surface area contributed by atoms with Crippen molar-refractivity contribution in [2.75, 3.05) is 10.6 Å². The van der Waals surface area contributed by atoms with Crippen LogP contribution in [0.5, 0.6) is 0 Å². The van der Waals surface area contributed by atoms with Crippen LogP contribution < -0.4 is 16.0 Å². The van der Waals surface area contributed by atoms with Crippen molar-refractivity contribution in [1.82, 2.24) is 5.32 Å². The van der Waals surface area contributed by atoms with E-state index in [2.05, 4.69) is 16.0 Å². The fourth-order valence-corrected chi connectivity index (χ4v) is 3.87. The molecule has 1 fully saturated rings. The first-order valence-electron chi connectivity index (χ1n) is 9.98. The number of hydrogen-bond acceptors (Lipinski definition) is 3. The van der Waals surface area contributed by atoms with Gasteiger partial charge in [0.1, 0.15) is 0 Å². The number of benzene rings is 2. The van der Waals surface area contributed by atoms with Crippen LogP contribution in [0.25, 0.3) is 11.1 Å². The van der Waals surface area contributed by atoms with Crippen LogP contribution >= 0.6 is 11.3 Å². The monoisotopic (exact) mass is 459 g/mol. The Hall–Kier alpha value is -3.33. The molecule has 3 aromatic rings. The molecule has 1 aliphatic carbocycles. The van der Waals surface area contributed by atoms with Crippen molar-refractivity contribution in [2.45, 2.75) is 25.6 Å². The van der Waals surface area contributed by atoms with Crippen LogP contribution in [-0.4, -0.2) is 11.9 Å². The Labute approximate surface area is 186 Å². The predicted molar refractivity (Wildman–Crippen MR) is 118 cm³/mol. The van der Waals surface area contributed by atoms with Gasteiger partial charge in [0.05, 0.1) is 11.3 Å². The number of anilines is 2. The summed E-state index contributed by atoms with van der Waals surface area (Å²) in [6, 6.07) is 11.2. The van der Waals surface area contributed by atoms with Crippen LogP contribution in [0.4, 0.5) is 29.3 Å². The second kappa shape index (κ2) is 9.04. The van der Waals surface area contributed by atoms with Gasteiger partial charge in [-0.2, -0.15) is 24.5 Å². The molecule has 1 heterocycles. The minimum Gasteiger partial charge on any atom is -0.352 e. The number of amides is 3. The van der Waals surface area contributed by atoms with Crippen LogP contribution in [0, 0.1) is 5.92 Å². The molecule has 3 N–H and O–H groups in total. The zero-order valence-electron chi connectivity index (χ0n) is 16.8. The first-order valence-corrected chi connectivity index (χ1v) is 10.9. The Bertz CT molecular complexity index is 1130. The molecule has 0 atom stereocenters. The molecule has 2 aromatic carbocycles. The normalized spacial score (nSPS) is 13.5. The number of hydrogen-bond donors (Lipinski definition) is 3. The van der Waals surface area contributed by atoms with Gasteiger partial charge in [-0.05, 0) is 65.1 Å². The Balaban J connectivity index is 1.51. The van der Waals surface area contributed by atoms with Gasteiger partial charge in [0.2, 0.25) is 5.91 Å². The van der Waals surface area contributed by atoms with Crippen molar-refractivity contribution in [1.29, 1.82) is 0 Å². The third kappa shape index (κ3) is 5.47. The molecule has 32 heavy (non-hydrogen) atoms. The molecule has 0 aliphatic heterocycles. The highest BCUT2D eigenvalue weighted by atomic mass is 32.1. The van der Waals surface area contributed by atoms with E-state index in [-0.39, 0.29) is 17.5 Å². The summed E-state index contributed by atoms with van der Waals surface area (Å²) in [5.41, 5.74) is 2.14. The van der Waals surface area contributed by atoms with Crippen LogP contribution in [0.3, 0.4) is 0 Å². The summed E-state index contributed by atoms with van der Waals surface area (Å²) in [4.78, 5) is 24.5. The molecule has 9 heteroatoms. The second-order valence-electron chi connectivity index (χ2n) is 7.54. The molecule has 4 rings (SSSR count). The summed E-state index contributed by atoms with van der Waals surface area (Å²) in [5.74, 6) is 0.111. The molecule has 1 aromatic heterocycles. The number of alkyl halides is 3. The Morgan fingerprint density at radius 1 is 1.03 bits per heavy atom. The molecular formula is C23H20F3N3O2S. The van der Waals surface area contributed by atoms with Gasteiger partial charge in [0.15, 0.2) is 0 Å². The number of halogens is 3. The Morgan fingerprint density at radius 2 is 1.84 bits per heavy atom. The summed E-state index contributed by atoms with van der Waals surface area (Å²) < 4.78 is 38.8. The lowest BCUT2D eigenvalue weighted by Crippen LogP contribution is -2.24. The highest BCUT2D eigenvalue weighted by Crippen LogP contribution is 2.33. The second-order valence-corrected chi connectivity index (χ2v) is 8.32. The van der Waals surface area contributed by atoms with Crippen LogP contribution in [-0.2, 0) is 17.5 Å². The number of carbonyl (C=O) groups excluding carboxylic acids is 2. The highest BCUT2D eigenvalue weighted by Gasteiger charge is 2.30. The standard InChI is InChI=1S/C23H20F3N3O2S/c24-23(25,26)17-2-1-3-18(11-17)28-22(31)29-20-10-14(12-27-21(30)15-5-6-15)4-7-19(20)16-8-9-32-13-16/h1-4,7-11,13,15H,5-6,12H2,(H,27,30)(H2,28,29,31). The van der Waals surface area contributed by atoms with E-state index in [1.807, 2.05) is 29.0 Å². The van der Waals surface area contributed by atoms with Gasteiger partial charge in [0.25, 0.3) is 0 Å². The third-order valence-corrected chi connectivity index (χ3v) is 5.71. The number of urea groups is 1. The van der Waals surface area contributed by atoms with E-state index >= 15 is 0 Å². The lowest BCUT2D eigenvalue weighted by atomic mass is 10.0. The fraction of sp³-hybridized carbons (Fsp3) is 0.217. The SMILES string of the molecule is O=C(Nc1cccc(C(F)(F)F)c1)Nc1cc(CNC(=O)C2CC2)ccc1-c1ccsc1. The van der Waals surface area contributed by atoms with Crippen molar-refractivity contribution in [2.24, 2.45) is 5.92 Å². The topological polar surface area (TPSA) is 70.2 Å². The predicted octanol–water partition coefficient (Wildman–Crippen LogP) is 6.10. The zero-order valence-corrected chi connectivity index (χ0v) is 17.6. The number of thiophene rings is 1.